The van der Waals surface area contributed by atoms with Gasteiger partial charge in [0.2, 0.25) is 0 Å². The largest absolute Gasteiger partial charge is 0.480 e. The van der Waals surface area contributed by atoms with Gasteiger partial charge in [-0.3, -0.25) is 9.69 Å². The fourth-order valence-electron chi connectivity index (χ4n) is 2.24. The number of hydrogen-bond acceptors (Lipinski definition) is 4. The predicted molar refractivity (Wildman–Crippen MR) is 84.5 cm³/mol. The monoisotopic (exact) mass is 375 g/mol. The molecule has 0 unspecified atom stereocenters. The molecule has 1 fully saturated rings. The van der Waals surface area contributed by atoms with Crippen molar-refractivity contribution >= 4 is 39.3 Å². The van der Waals surface area contributed by atoms with Gasteiger partial charge in [-0.05, 0) is 33.8 Å². The normalized spacial score (nSPS) is 16.5. The van der Waals surface area contributed by atoms with Gasteiger partial charge < -0.3 is 15.3 Å². The van der Waals surface area contributed by atoms with Crippen LogP contribution in [-0.2, 0) is 11.3 Å². The zero-order chi connectivity index (χ0) is 15.2. The van der Waals surface area contributed by atoms with Crippen LogP contribution in [0.15, 0.2) is 15.9 Å². The second-order valence-corrected chi connectivity index (χ2v) is 6.72. The van der Waals surface area contributed by atoms with Crippen LogP contribution in [-0.4, -0.2) is 59.6 Å². The van der Waals surface area contributed by atoms with Gasteiger partial charge in [-0.25, -0.2) is 4.79 Å². The maximum Gasteiger partial charge on any atom is 0.317 e. The average molecular weight is 376 g/mol. The highest BCUT2D eigenvalue weighted by Gasteiger charge is 2.20. The Kier molecular flexibility index (Phi) is 6.01. The number of aliphatic carboxylic acids is 1. The molecular weight excluding hydrogens is 358 g/mol. The van der Waals surface area contributed by atoms with Gasteiger partial charge in [-0.1, -0.05) is 0 Å². The first-order valence-electron chi connectivity index (χ1n) is 6.75. The zero-order valence-corrected chi connectivity index (χ0v) is 14.0. The minimum absolute atomic E-state index is 0.0393. The van der Waals surface area contributed by atoms with E-state index in [9.17, 15) is 9.59 Å². The second-order valence-electron chi connectivity index (χ2n) is 4.86. The molecule has 1 aromatic rings. The molecule has 0 aromatic carbocycles. The lowest BCUT2D eigenvalue weighted by atomic mass is 10.4. The highest BCUT2D eigenvalue weighted by molar-refractivity contribution is 9.10. The van der Waals surface area contributed by atoms with E-state index < -0.39 is 5.97 Å². The van der Waals surface area contributed by atoms with Crippen LogP contribution in [0.3, 0.4) is 0 Å². The molecule has 2 amide bonds. The minimum Gasteiger partial charge on any atom is -0.480 e. The van der Waals surface area contributed by atoms with E-state index in [1.165, 1.54) is 0 Å². The maximum absolute atomic E-state index is 12.2. The molecule has 2 N–H and O–H groups in total. The van der Waals surface area contributed by atoms with Crippen LogP contribution < -0.4 is 5.32 Å². The summed E-state index contributed by atoms with van der Waals surface area (Å²) in [6.07, 6.45) is 0.795. The van der Waals surface area contributed by atoms with Gasteiger partial charge in [0.25, 0.3) is 0 Å². The molecule has 2 heterocycles. The van der Waals surface area contributed by atoms with Crippen molar-refractivity contribution in [3.8, 4) is 0 Å². The van der Waals surface area contributed by atoms with Gasteiger partial charge in [-0.2, -0.15) is 0 Å². The molecule has 1 aliphatic rings. The number of urea groups is 1. The highest BCUT2D eigenvalue weighted by atomic mass is 79.9. The Morgan fingerprint density at radius 3 is 2.81 bits per heavy atom. The number of carboxylic acids is 1. The Balaban J connectivity index is 1.80. The number of rotatable bonds is 4. The summed E-state index contributed by atoms with van der Waals surface area (Å²) in [5, 5.41) is 13.7. The summed E-state index contributed by atoms with van der Waals surface area (Å²) in [6, 6.07) is 1.87. The minimum atomic E-state index is -0.824. The topological polar surface area (TPSA) is 72.9 Å². The molecule has 0 aliphatic carbocycles. The Morgan fingerprint density at radius 2 is 2.14 bits per heavy atom. The van der Waals surface area contributed by atoms with Crippen LogP contribution in [0, 0.1) is 0 Å². The number of nitrogens with one attached hydrogen (secondary N) is 1. The average Bonchev–Trinajstić information content (AvgIpc) is 2.70. The number of amides is 2. The lowest BCUT2D eigenvalue weighted by molar-refractivity contribution is -0.138. The number of nitrogens with zero attached hydrogens (tertiary/aromatic N) is 2. The summed E-state index contributed by atoms with van der Waals surface area (Å²) in [4.78, 5) is 27.6. The van der Waals surface area contributed by atoms with E-state index in [-0.39, 0.29) is 12.6 Å². The van der Waals surface area contributed by atoms with Crippen molar-refractivity contribution in [2.24, 2.45) is 0 Å². The molecule has 1 saturated heterocycles. The number of halogens is 1. The van der Waals surface area contributed by atoms with Crippen molar-refractivity contribution in [3.63, 3.8) is 0 Å². The summed E-state index contributed by atoms with van der Waals surface area (Å²) >= 11 is 5.03. The lowest BCUT2D eigenvalue weighted by Crippen LogP contribution is -2.42. The first kappa shape index (κ1) is 16.3. The smallest absolute Gasteiger partial charge is 0.317 e. The van der Waals surface area contributed by atoms with E-state index in [0.717, 1.165) is 15.8 Å². The van der Waals surface area contributed by atoms with Gasteiger partial charge in [-0.15, -0.1) is 11.3 Å². The van der Waals surface area contributed by atoms with Crippen molar-refractivity contribution in [1.29, 1.82) is 0 Å². The van der Waals surface area contributed by atoms with Crippen molar-refractivity contribution < 1.29 is 14.7 Å². The molecule has 6 nitrogen and oxygen atoms in total. The Labute approximate surface area is 135 Å². The second kappa shape index (κ2) is 7.77. The molecular formula is C13H18BrN3O3S. The Morgan fingerprint density at radius 1 is 1.33 bits per heavy atom. The van der Waals surface area contributed by atoms with Crippen molar-refractivity contribution in [2.45, 2.75) is 13.0 Å². The number of carboxylic acid groups (broad SMARTS) is 1. The van der Waals surface area contributed by atoms with Gasteiger partial charge in [0.15, 0.2) is 0 Å². The lowest BCUT2D eigenvalue weighted by Gasteiger charge is -2.21. The van der Waals surface area contributed by atoms with Gasteiger partial charge in [0, 0.05) is 35.5 Å². The van der Waals surface area contributed by atoms with Crippen LogP contribution in [0.2, 0.25) is 0 Å². The van der Waals surface area contributed by atoms with E-state index in [1.54, 1.807) is 16.2 Å². The van der Waals surface area contributed by atoms with Crippen LogP contribution in [0.5, 0.6) is 0 Å². The molecule has 0 bridgehead atoms. The van der Waals surface area contributed by atoms with Gasteiger partial charge in [0.05, 0.1) is 13.1 Å². The highest BCUT2D eigenvalue weighted by Crippen LogP contribution is 2.22. The SMILES string of the molecule is O=C(O)CN1CCCN(C(=O)NCc2sccc2Br)CC1. The summed E-state index contributed by atoms with van der Waals surface area (Å²) in [6.45, 7) is 3.08. The quantitative estimate of drug-likeness (QED) is 0.841. The fourth-order valence-corrected chi connectivity index (χ4v) is 3.67. The zero-order valence-electron chi connectivity index (χ0n) is 11.5. The summed E-state index contributed by atoms with van der Waals surface area (Å²) < 4.78 is 1.01. The number of thiophene rings is 1. The third-order valence-corrected chi connectivity index (χ3v) is 5.25. The molecule has 0 atom stereocenters. The first-order valence-corrected chi connectivity index (χ1v) is 8.42. The van der Waals surface area contributed by atoms with E-state index in [4.69, 9.17) is 5.11 Å². The number of hydrogen-bond donors (Lipinski definition) is 2. The Bertz CT molecular complexity index is 509. The van der Waals surface area contributed by atoms with Crippen LogP contribution in [0.4, 0.5) is 4.79 Å². The molecule has 0 saturated carbocycles. The fraction of sp³-hybridized carbons (Fsp3) is 0.538. The molecule has 8 heteroatoms. The van der Waals surface area contributed by atoms with Crippen molar-refractivity contribution in [3.05, 3.63) is 20.8 Å². The molecule has 0 spiro atoms. The van der Waals surface area contributed by atoms with Crippen LogP contribution >= 0.6 is 27.3 Å². The van der Waals surface area contributed by atoms with Gasteiger partial charge in [0.1, 0.15) is 0 Å². The van der Waals surface area contributed by atoms with Gasteiger partial charge >= 0.3 is 12.0 Å². The summed E-state index contributed by atoms with van der Waals surface area (Å²) in [7, 11) is 0. The molecule has 21 heavy (non-hydrogen) atoms. The third-order valence-electron chi connectivity index (χ3n) is 3.33. The predicted octanol–water partition coefficient (Wildman–Crippen LogP) is 1.81. The molecule has 0 radical (unpaired) electrons. The third kappa shape index (κ3) is 4.98. The molecule has 116 valence electrons. The summed E-state index contributed by atoms with van der Waals surface area (Å²) in [5.41, 5.74) is 0. The van der Waals surface area contributed by atoms with E-state index in [0.29, 0.717) is 32.7 Å². The Hall–Kier alpha value is -1.12. The van der Waals surface area contributed by atoms with E-state index in [1.807, 2.05) is 16.3 Å². The van der Waals surface area contributed by atoms with Crippen LogP contribution in [0.1, 0.15) is 11.3 Å². The number of carbonyl (C=O) groups excluding carboxylic acids is 1. The van der Waals surface area contributed by atoms with Crippen molar-refractivity contribution in [1.82, 2.24) is 15.1 Å². The molecule has 1 aliphatic heterocycles. The van der Waals surface area contributed by atoms with E-state index in [2.05, 4.69) is 21.2 Å². The summed E-state index contributed by atoms with van der Waals surface area (Å²) in [5.74, 6) is -0.824. The molecule has 1 aromatic heterocycles. The maximum atomic E-state index is 12.2. The van der Waals surface area contributed by atoms with Crippen molar-refractivity contribution in [2.75, 3.05) is 32.7 Å². The molecule has 2 rings (SSSR count). The first-order chi connectivity index (χ1) is 10.1. The van der Waals surface area contributed by atoms with E-state index >= 15 is 0 Å². The standard InChI is InChI=1S/C13H18BrN3O3S/c14-10-2-7-21-11(10)8-15-13(20)17-4-1-3-16(5-6-17)9-12(18)19/h2,7H,1,3-6,8-9H2,(H,15,20)(H,18,19). The number of carbonyl (C=O) groups is 2. The van der Waals surface area contributed by atoms with Crippen LogP contribution in [0.25, 0.3) is 0 Å².